The zero-order chi connectivity index (χ0) is 16.1. The van der Waals surface area contributed by atoms with Gasteiger partial charge >= 0.3 is 6.03 Å². The van der Waals surface area contributed by atoms with E-state index >= 15 is 0 Å². The van der Waals surface area contributed by atoms with Crippen LogP contribution in [0.1, 0.15) is 37.7 Å². The van der Waals surface area contributed by atoms with Gasteiger partial charge in [0.1, 0.15) is 11.8 Å². The molecule has 122 valence electrons. The molecule has 2 aliphatic rings. The van der Waals surface area contributed by atoms with Crippen LogP contribution < -0.4 is 10.1 Å². The van der Waals surface area contributed by atoms with Crippen molar-refractivity contribution in [2.24, 2.45) is 5.92 Å². The van der Waals surface area contributed by atoms with Gasteiger partial charge in [0.2, 0.25) is 0 Å². The molecule has 5 nitrogen and oxygen atoms in total. The SMILES string of the molecule is N#CCOc1cccc(CNC(=O)N2CCCC3CCCC32)c1. The fourth-order valence-corrected chi connectivity index (χ4v) is 3.85. The molecule has 0 spiro atoms. The summed E-state index contributed by atoms with van der Waals surface area (Å²) in [7, 11) is 0. The second-order valence-electron chi connectivity index (χ2n) is 6.35. The Balaban J connectivity index is 1.55. The van der Waals surface area contributed by atoms with Gasteiger partial charge in [-0.3, -0.25) is 0 Å². The summed E-state index contributed by atoms with van der Waals surface area (Å²) in [5.74, 6) is 1.37. The number of piperidine rings is 1. The molecule has 1 heterocycles. The molecule has 2 amide bonds. The van der Waals surface area contributed by atoms with E-state index in [9.17, 15) is 4.79 Å². The molecular formula is C18H23N3O2. The lowest BCUT2D eigenvalue weighted by Gasteiger charge is -2.37. The smallest absolute Gasteiger partial charge is 0.317 e. The van der Waals surface area contributed by atoms with E-state index in [2.05, 4.69) is 5.32 Å². The minimum atomic E-state index is 0.0344. The first-order valence-electron chi connectivity index (χ1n) is 8.41. The zero-order valence-corrected chi connectivity index (χ0v) is 13.3. The number of hydrogen-bond acceptors (Lipinski definition) is 3. The molecule has 2 atom stereocenters. The molecule has 2 unspecified atom stereocenters. The Bertz CT molecular complexity index is 596. The number of carbonyl (C=O) groups excluding carboxylic acids is 1. The molecule has 0 radical (unpaired) electrons. The topological polar surface area (TPSA) is 65.4 Å². The molecule has 1 N–H and O–H groups in total. The maximum absolute atomic E-state index is 12.5. The summed E-state index contributed by atoms with van der Waals surface area (Å²) in [5, 5.41) is 11.6. The molecule has 0 bridgehead atoms. The minimum Gasteiger partial charge on any atom is -0.479 e. The normalized spacial score (nSPS) is 23.0. The van der Waals surface area contributed by atoms with Gasteiger partial charge in [0.15, 0.2) is 6.61 Å². The van der Waals surface area contributed by atoms with Crippen molar-refractivity contribution in [3.63, 3.8) is 0 Å². The third kappa shape index (κ3) is 3.76. The number of nitrogens with one attached hydrogen (secondary N) is 1. The van der Waals surface area contributed by atoms with Crippen LogP contribution in [-0.4, -0.2) is 30.1 Å². The lowest BCUT2D eigenvalue weighted by molar-refractivity contribution is 0.128. The number of amides is 2. The Hall–Kier alpha value is -2.22. The molecule has 2 fully saturated rings. The summed E-state index contributed by atoms with van der Waals surface area (Å²) in [5.41, 5.74) is 0.980. The summed E-state index contributed by atoms with van der Waals surface area (Å²) in [4.78, 5) is 14.6. The predicted molar refractivity (Wildman–Crippen MR) is 86.9 cm³/mol. The molecule has 1 saturated heterocycles. The Morgan fingerprint density at radius 3 is 3.09 bits per heavy atom. The number of nitrogens with zero attached hydrogens (tertiary/aromatic N) is 2. The van der Waals surface area contributed by atoms with Crippen LogP contribution in [-0.2, 0) is 6.54 Å². The lowest BCUT2D eigenvalue weighted by atomic mass is 9.92. The van der Waals surface area contributed by atoms with Crippen LogP contribution in [0.2, 0.25) is 0 Å². The van der Waals surface area contributed by atoms with E-state index in [1.54, 1.807) is 0 Å². The standard InChI is InChI=1S/C18H23N3O2/c19-9-11-23-16-7-1-4-14(12-16)13-20-18(22)21-10-3-6-15-5-2-8-17(15)21/h1,4,7,12,15,17H,2-3,5-6,8,10-11,13H2,(H,20,22). The molecule has 1 aliphatic heterocycles. The Morgan fingerprint density at radius 2 is 2.22 bits per heavy atom. The van der Waals surface area contributed by atoms with Crippen molar-refractivity contribution in [3.8, 4) is 11.8 Å². The first kappa shape index (κ1) is 15.7. The van der Waals surface area contributed by atoms with Gasteiger partial charge in [-0.25, -0.2) is 4.79 Å². The van der Waals surface area contributed by atoms with Crippen molar-refractivity contribution in [2.75, 3.05) is 13.2 Å². The van der Waals surface area contributed by atoms with Crippen LogP contribution in [0.5, 0.6) is 5.75 Å². The average molecular weight is 313 g/mol. The maximum atomic E-state index is 12.5. The Labute approximate surface area is 137 Å². The van der Waals surface area contributed by atoms with Crippen molar-refractivity contribution in [3.05, 3.63) is 29.8 Å². The van der Waals surface area contributed by atoms with Crippen molar-refractivity contribution in [1.82, 2.24) is 10.2 Å². The van der Waals surface area contributed by atoms with Gasteiger partial charge in [-0.1, -0.05) is 18.6 Å². The molecule has 1 aliphatic carbocycles. The van der Waals surface area contributed by atoms with E-state index in [1.807, 2.05) is 35.2 Å². The Morgan fingerprint density at radius 1 is 1.35 bits per heavy atom. The van der Waals surface area contributed by atoms with E-state index in [-0.39, 0.29) is 12.6 Å². The van der Waals surface area contributed by atoms with Crippen molar-refractivity contribution >= 4 is 6.03 Å². The number of likely N-dealkylation sites (tertiary alicyclic amines) is 1. The third-order valence-corrected chi connectivity index (χ3v) is 4.90. The van der Waals surface area contributed by atoms with Gasteiger partial charge in [-0.15, -0.1) is 0 Å². The number of carbonyl (C=O) groups is 1. The van der Waals surface area contributed by atoms with Gasteiger partial charge in [-0.2, -0.15) is 5.26 Å². The van der Waals surface area contributed by atoms with Gasteiger partial charge in [-0.05, 0) is 49.3 Å². The number of rotatable bonds is 4. The number of ether oxygens (including phenoxy) is 1. The summed E-state index contributed by atoms with van der Waals surface area (Å²) in [6.07, 6.45) is 6.05. The first-order valence-corrected chi connectivity index (χ1v) is 8.41. The average Bonchev–Trinajstić information content (AvgIpc) is 3.07. The van der Waals surface area contributed by atoms with E-state index in [0.717, 1.165) is 24.9 Å². The van der Waals surface area contributed by atoms with Crippen LogP contribution >= 0.6 is 0 Å². The molecule has 1 saturated carbocycles. The predicted octanol–water partition coefficient (Wildman–Crippen LogP) is 3.06. The molecule has 23 heavy (non-hydrogen) atoms. The second-order valence-corrected chi connectivity index (χ2v) is 6.35. The zero-order valence-electron chi connectivity index (χ0n) is 13.3. The number of benzene rings is 1. The van der Waals surface area contributed by atoms with E-state index in [4.69, 9.17) is 10.00 Å². The largest absolute Gasteiger partial charge is 0.479 e. The fraction of sp³-hybridized carbons (Fsp3) is 0.556. The minimum absolute atomic E-state index is 0.0344. The van der Waals surface area contributed by atoms with Crippen LogP contribution in [0.15, 0.2) is 24.3 Å². The molecule has 5 heteroatoms. The Kier molecular flexibility index (Phi) is 5.02. The quantitative estimate of drug-likeness (QED) is 0.929. The number of urea groups is 1. The highest BCUT2D eigenvalue weighted by atomic mass is 16.5. The summed E-state index contributed by atoms with van der Waals surface area (Å²) in [6, 6.07) is 9.95. The summed E-state index contributed by atoms with van der Waals surface area (Å²) in [6.45, 7) is 1.39. The van der Waals surface area contributed by atoms with Gasteiger partial charge < -0.3 is 15.0 Å². The van der Waals surface area contributed by atoms with Gasteiger partial charge in [0.25, 0.3) is 0 Å². The number of nitriles is 1. The lowest BCUT2D eigenvalue weighted by Crippen LogP contribution is -2.50. The van der Waals surface area contributed by atoms with E-state index < -0.39 is 0 Å². The van der Waals surface area contributed by atoms with Gasteiger partial charge in [0, 0.05) is 19.1 Å². The molecule has 1 aromatic rings. The summed E-state index contributed by atoms with van der Waals surface area (Å²) < 4.78 is 5.29. The molecule has 3 rings (SSSR count). The number of fused-ring (bicyclic) bond motifs is 1. The van der Waals surface area contributed by atoms with Crippen LogP contribution in [0, 0.1) is 17.2 Å². The third-order valence-electron chi connectivity index (χ3n) is 4.90. The first-order chi connectivity index (χ1) is 11.3. The van der Waals surface area contributed by atoms with E-state index in [1.165, 1.54) is 19.3 Å². The second kappa shape index (κ2) is 7.36. The van der Waals surface area contributed by atoms with Crippen molar-refractivity contribution in [2.45, 2.75) is 44.7 Å². The van der Waals surface area contributed by atoms with Crippen molar-refractivity contribution in [1.29, 1.82) is 5.26 Å². The fourth-order valence-electron chi connectivity index (χ4n) is 3.85. The van der Waals surface area contributed by atoms with Crippen molar-refractivity contribution < 1.29 is 9.53 Å². The molecular weight excluding hydrogens is 290 g/mol. The highest BCUT2D eigenvalue weighted by Gasteiger charge is 2.37. The van der Waals surface area contributed by atoms with Crippen LogP contribution in [0.25, 0.3) is 0 Å². The maximum Gasteiger partial charge on any atom is 0.317 e. The number of hydrogen-bond donors (Lipinski definition) is 1. The molecule has 0 aromatic heterocycles. The highest BCUT2D eigenvalue weighted by molar-refractivity contribution is 5.74. The van der Waals surface area contributed by atoms with Crippen LogP contribution in [0.3, 0.4) is 0 Å². The molecule has 1 aromatic carbocycles. The monoisotopic (exact) mass is 313 g/mol. The highest BCUT2D eigenvalue weighted by Crippen LogP contribution is 2.36. The van der Waals surface area contributed by atoms with Crippen LogP contribution in [0.4, 0.5) is 4.79 Å². The van der Waals surface area contributed by atoms with Gasteiger partial charge in [0.05, 0.1) is 0 Å². The summed E-state index contributed by atoms with van der Waals surface area (Å²) >= 11 is 0. The van der Waals surface area contributed by atoms with E-state index in [0.29, 0.717) is 24.3 Å².